The summed E-state index contributed by atoms with van der Waals surface area (Å²) in [4.78, 5) is 2.23. The second-order valence-electron chi connectivity index (χ2n) is 6.05. The quantitative estimate of drug-likeness (QED) is 0.845. The van der Waals surface area contributed by atoms with Gasteiger partial charge in [-0.25, -0.2) is 0 Å². The molecule has 114 valence electrons. The van der Waals surface area contributed by atoms with E-state index in [1.807, 2.05) is 26.0 Å². The van der Waals surface area contributed by atoms with Gasteiger partial charge in [0, 0.05) is 13.1 Å². The Hall–Kier alpha value is -1.58. The fraction of sp³-hybridized carbons (Fsp3) is 0.444. The van der Waals surface area contributed by atoms with Crippen LogP contribution in [0.5, 0.6) is 0 Å². The van der Waals surface area contributed by atoms with Crippen molar-refractivity contribution in [3.05, 3.63) is 59.5 Å². The standard InChI is InChI=1S/C18H25NO2/c1-14(2)18(20)13-19(12-17-8-5-9-21-17)11-16-7-4-6-15(3)10-16/h4-10,14,18,20H,11-13H2,1-3H3. The number of furan rings is 1. The number of aryl methyl sites for hydroxylation is 1. The highest BCUT2D eigenvalue weighted by atomic mass is 16.3. The Morgan fingerprint density at radius 1 is 1.14 bits per heavy atom. The summed E-state index contributed by atoms with van der Waals surface area (Å²) in [5, 5.41) is 10.2. The van der Waals surface area contributed by atoms with E-state index in [2.05, 4.69) is 36.1 Å². The molecule has 0 bridgehead atoms. The summed E-state index contributed by atoms with van der Waals surface area (Å²) >= 11 is 0. The predicted molar refractivity (Wildman–Crippen MR) is 84.8 cm³/mol. The van der Waals surface area contributed by atoms with Gasteiger partial charge in [-0.1, -0.05) is 43.7 Å². The van der Waals surface area contributed by atoms with E-state index in [1.165, 1.54) is 11.1 Å². The van der Waals surface area contributed by atoms with Gasteiger partial charge < -0.3 is 9.52 Å². The normalized spacial score (nSPS) is 13.0. The zero-order chi connectivity index (χ0) is 15.2. The third-order valence-electron chi connectivity index (χ3n) is 3.66. The van der Waals surface area contributed by atoms with E-state index in [9.17, 15) is 5.11 Å². The van der Waals surface area contributed by atoms with E-state index >= 15 is 0 Å². The van der Waals surface area contributed by atoms with Crippen molar-refractivity contribution in [1.82, 2.24) is 4.90 Å². The minimum atomic E-state index is -0.329. The molecule has 2 aromatic rings. The van der Waals surface area contributed by atoms with Crippen LogP contribution >= 0.6 is 0 Å². The molecule has 1 atom stereocenters. The van der Waals surface area contributed by atoms with Gasteiger partial charge >= 0.3 is 0 Å². The van der Waals surface area contributed by atoms with Crippen molar-refractivity contribution in [2.45, 2.75) is 40.0 Å². The van der Waals surface area contributed by atoms with Crippen LogP contribution in [0.3, 0.4) is 0 Å². The van der Waals surface area contributed by atoms with E-state index in [0.717, 1.165) is 12.3 Å². The first-order valence-electron chi connectivity index (χ1n) is 7.53. The lowest BCUT2D eigenvalue weighted by atomic mass is 10.1. The summed E-state index contributed by atoms with van der Waals surface area (Å²) in [5.74, 6) is 1.18. The highest BCUT2D eigenvalue weighted by molar-refractivity contribution is 5.22. The fourth-order valence-electron chi connectivity index (χ4n) is 2.35. The van der Waals surface area contributed by atoms with Crippen molar-refractivity contribution >= 4 is 0 Å². The first-order chi connectivity index (χ1) is 10.0. The molecule has 1 heterocycles. The zero-order valence-electron chi connectivity index (χ0n) is 13.1. The number of benzene rings is 1. The summed E-state index contributed by atoms with van der Waals surface area (Å²) in [6.07, 6.45) is 1.36. The van der Waals surface area contributed by atoms with Gasteiger partial charge in [0.25, 0.3) is 0 Å². The van der Waals surface area contributed by atoms with E-state index in [0.29, 0.717) is 13.1 Å². The Bertz CT molecular complexity index is 534. The summed E-state index contributed by atoms with van der Waals surface area (Å²) in [6.45, 7) is 8.36. The molecule has 0 aliphatic rings. The topological polar surface area (TPSA) is 36.6 Å². The first kappa shape index (κ1) is 15.8. The molecule has 21 heavy (non-hydrogen) atoms. The van der Waals surface area contributed by atoms with Crippen molar-refractivity contribution in [1.29, 1.82) is 0 Å². The van der Waals surface area contributed by atoms with Gasteiger partial charge in [-0.2, -0.15) is 0 Å². The van der Waals surface area contributed by atoms with Crippen LogP contribution in [0.25, 0.3) is 0 Å². The zero-order valence-corrected chi connectivity index (χ0v) is 13.1. The molecule has 0 amide bonds. The molecule has 1 N–H and O–H groups in total. The molecule has 0 aliphatic carbocycles. The van der Waals surface area contributed by atoms with Gasteiger partial charge in [-0.3, -0.25) is 4.90 Å². The Kier molecular flexibility index (Phi) is 5.59. The van der Waals surface area contributed by atoms with Gasteiger partial charge in [0.05, 0.1) is 18.9 Å². The molecule has 3 heteroatoms. The molecule has 1 aromatic carbocycles. The van der Waals surface area contributed by atoms with Crippen LogP contribution < -0.4 is 0 Å². The van der Waals surface area contributed by atoms with Crippen LogP contribution in [0.2, 0.25) is 0 Å². The van der Waals surface area contributed by atoms with Crippen LogP contribution in [-0.4, -0.2) is 22.7 Å². The van der Waals surface area contributed by atoms with Crippen molar-refractivity contribution in [2.75, 3.05) is 6.54 Å². The third-order valence-corrected chi connectivity index (χ3v) is 3.66. The van der Waals surface area contributed by atoms with Crippen LogP contribution in [-0.2, 0) is 13.1 Å². The lowest BCUT2D eigenvalue weighted by molar-refractivity contribution is 0.0671. The number of hydrogen-bond donors (Lipinski definition) is 1. The summed E-state index contributed by atoms with van der Waals surface area (Å²) in [7, 11) is 0. The van der Waals surface area contributed by atoms with Crippen LogP contribution in [0.15, 0.2) is 47.1 Å². The monoisotopic (exact) mass is 287 g/mol. The minimum Gasteiger partial charge on any atom is -0.468 e. The maximum atomic E-state index is 10.2. The smallest absolute Gasteiger partial charge is 0.117 e. The van der Waals surface area contributed by atoms with Gasteiger partial charge in [-0.15, -0.1) is 0 Å². The highest BCUT2D eigenvalue weighted by Crippen LogP contribution is 2.14. The molecule has 0 radical (unpaired) electrons. The van der Waals surface area contributed by atoms with Crippen molar-refractivity contribution in [3.8, 4) is 0 Å². The number of rotatable bonds is 7. The summed E-state index contributed by atoms with van der Waals surface area (Å²) < 4.78 is 5.44. The van der Waals surface area contributed by atoms with Crippen molar-refractivity contribution < 1.29 is 9.52 Å². The predicted octanol–water partition coefficient (Wildman–Crippen LogP) is 3.61. The Balaban J connectivity index is 2.07. The lowest BCUT2D eigenvalue weighted by Gasteiger charge is -2.26. The maximum Gasteiger partial charge on any atom is 0.117 e. The van der Waals surface area contributed by atoms with E-state index in [4.69, 9.17) is 4.42 Å². The molecule has 0 aliphatic heterocycles. The SMILES string of the molecule is Cc1cccc(CN(Cc2ccco2)CC(O)C(C)C)c1. The molecule has 0 saturated heterocycles. The summed E-state index contributed by atoms with van der Waals surface area (Å²) in [6, 6.07) is 12.4. The molecule has 3 nitrogen and oxygen atoms in total. The number of hydrogen-bond acceptors (Lipinski definition) is 3. The van der Waals surface area contributed by atoms with E-state index in [1.54, 1.807) is 6.26 Å². The fourth-order valence-corrected chi connectivity index (χ4v) is 2.35. The number of aliphatic hydroxyl groups is 1. The maximum absolute atomic E-state index is 10.2. The second-order valence-corrected chi connectivity index (χ2v) is 6.05. The second kappa shape index (κ2) is 7.43. The van der Waals surface area contributed by atoms with Crippen LogP contribution in [0.1, 0.15) is 30.7 Å². The van der Waals surface area contributed by atoms with E-state index in [-0.39, 0.29) is 12.0 Å². The van der Waals surface area contributed by atoms with Gasteiger partial charge in [0.1, 0.15) is 5.76 Å². The molecule has 0 saturated carbocycles. The molecular formula is C18H25NO2. The first-order valence-corrected chi connectivity index (χ1v) is 7.53. The third kappa shape index (κ3) is 5.03. The molecule has 0 fully saturated rings. The number of nitrogens with zero attached hydrogens (tertiary/aromatic N) is 1. The van der Waals surface area contributed by atoms with Gasteiger partial charge in [-0.05, 0) is 30.5 Å². The molecule has 1 unspecified atom stereocenters. The minimum absolute atomic E-state index is 0.251. The average molecular weight is 287 g/mol. The highest BCUT2D eigenvalue weighted by Gasteiger charge is 2.16. The largest absolute Gasteiger partial charge is 0.468 e. The molecule has 0 spiro atoms. The van der Waals surface area contributed by atoms with Gasteiger partial charge in [0.15, 0.2) is 0 Å². The van der Waals surface area contributed by atoms with Crippen molar-refractivity contribution in [3.63, 3.8) is 0 Å². The Labute approximate surface area is 127 Å². The van der Waals surface area contributed by atoms with E-state index < -0.39 is 0 Å². The summed E-state index contributed by atoms with van der Waals surface area (Å²) in [5.41, 5.74) is 2.52. The Morgan fingerprint density at radius 2 is 1.95 bits per heavy atom. The molecule has 1 aromatic heterocycles. The van der Waals surface area contributed by atoms with Crippen LogP contribution in [0.4, 0.5) is 0 Å². The average Bonchev–Trinajstić information content (AvgIpc) is 2.91. The van der Waals surface area contributed by atoms with Crippen molar-refractivity contribution in [2.24, 2.45) is 5.92 Å². The molecular weight excluding hydrogens is 262 g/mol. The Morgan fingerprint density at radius 3 is 2.57 bits per heavy atom. The number of aliphatic hydroxyl groups excluding tert-OH is 1. The van der Waals surface area contributed by atoms with Gasteiger partial charge in [0.2, 0.25) is 0 Å². The lowest BCUT2D eigenvalue weighted by Crippen LogP contribution is -2.34. The molecule has 2 rings (SSSR count). The van der Waals surface area contributed by atoms with Crippen LogP contribution in [0, 0.1) is 12.8 Å².